The van der Waals surface area contributed by atoms with E-state index in [1.165, 1.54) is 6.07 Å². The van der Waals surface area contributed by atoms with Crippen LogP contribution in [-0.2, 0) is 13.1 Å². The van der Waals surface area contributed by atoms with Gasteiger partial charge in [0.2, 0.25) is 0 Å². The van der Waals surface area contributed by atoms with E-state index >= 15 is 4.39 Å². The molecule has 0 aromatic heterocycles. The lowest BCUT2D eigenvalue weighted by atomic mass is 10.0. The van der Waals surface area contributed by atoms with E-state index in [4.69, 9.17) is 69.6 Å². The lowest BCUT2D eigenvalue weighted by Gasteiger charge is -2.44. The van der Waals surface area contributed by atoms with Crippen LogP contribution < -0.4 is 9.80 Å². The zero-order valence-corrected chi connectivity index (χ0v) is 28.5. The molecule has 0 radical (unpaired) electrons. The monoisotopic (exact) mass is 706 g/mol. The van der Waals surface area contributed by atoms with Crippen LogP contribution in [0.2, 0.25) is 10.0 Å². The summed E-state index contributed by atoms with van der Waals surface area (Å²) in [6.07, 6.45) is 0.629. The second-order valence-corrected chi connectivity index (χ2v) is 12.8. The molecule has 4 nitrogen and oxygen atoms in total. The fourth-order valence-electron chi connectivity index (χ4n) is 5.67. The summed E-state index contributed by atoms with van der Waals surface area (Å²) in [5, 5.41) is 1.32. The number of hydrogen-bond acceptors (Lipinski definition) is 4. The van der Waals surface area contributed by atoms with Gasteiger partial charge in [-0.3, -0.25) is 9.80 Å². The van der Waals surface area contributed by atoms with Gasteiger partial charge in [-0.05, 0) is 47.9 Å². The SMILES string of the molecule is Fc1ccccc1C1N(Cc2ccc(N(CCCl)CCCl)cc2Cl)CCCN1Cc1ccc(N(CCCl)CCCl)cc1Cl. The maximum atomic E-state index is 15.4. The van der Waals surface area contributed by atoms with Crippen molar-refractivity contribution in [3.05, 3.63) is 93.2 Å². The number of hydrogen-bond donors (Lipinski definition) is 0. The molecule has 4 rings (SSSR count). The van der Waals surface area contributed by atoms with Gasteiger partial charge in [0.15, 0.2) is 0 Å². The number of nitrogens with zero attached hydrogens (tertiary/aromatic N) is 4. The normalized spacial score (nSPS) is 14.8. The number of benzene rings is 3. The molecule has 3 aromatic rings. The molecule has 234 valence electrons. The van der Waals surface area contributed by atoms with Gasteiger partial charge in [-0.25, -0.2) is 4.39 Å². The molecule has 0 aliphatic carbocycles. The summed E-state index contributed by atoms with van der Waals surface area (Å²) in [7, 11) is 0. The van der Waals surface area contributed by atoms with Crippen molar-refractivity contribution < 1.29 is 4.39 Å². The van der Waals surface area contributed by atoms with E-state index in [9.17, 15) is 0 Å². The van der Waals surface area contributed by atoms with Crippen LogP contribution in [0.3, 0.4) is 0 Å². The van der Waals surface area contributed by atoms with E-state index < -0.39 is 0 Å². The minimum atomic E-state index is -0.297. The first-order chi connectivity index (χ1) is 20.9. The third-order valence-corrected chi connectivity index (χ3v) is 9.11. The number of rotatable bonds is 15. The van der Waals surface area contributed by atoms with Gasteiger partial charge in [-0.1, -0.05) is 53.5 Å². The summed E-state index contributed by atoms with van der Waals surface area (Å²) < 4.78 is 15.4. The van der Waals surface area contributed by atoms with Crippen molar-refractivity contribution in [1.82, 2.24) is 9.80 Å². The Morgan fingerprint density at radius 1 is 0.651 bits per heavy atom. The highest BCUT2D eigenvalue weighted by atomic mass is 35.5. The molecule has 0 unspecified atom stereocenters. The van der Waals surface area contributed by atoms with Crippen molar-refractivity contribution in [2.75, 3.05) is 72.6 Å². The Bertz CT molecular complexity index is 1230. The Labute approximate surface area is 285 Å². The number of alkyl halides is 4. The highest BCUT2D eigenvalue weighted by molar-refractivity contribution is 6.32. The van der Waals surface area contributed by atoms with E-state index in [2.05, 4.69) is 31.7 Å². The van der Waals surface area contributed by atoms with Crippen LogP contribution in [-0.4, -0.2) is 72.6 Å². The summed E-state index contributed by atoms with van der Waals surface area (Å²) in [5.41, 5.74) is 4.55. The zero-order valence-electron chi connectivity index (χ0n) is 24.0. The predicted molar refractivity (Wildman–Crippen MR) is 185 cm³/mol. The Kier molecular flexibility index (Phi) is 14.1. The van der Waals surface area contributed by atoms with Crippen LogP contribution in [0.15, 0.2) is 60.7 Å². The Balaban J connectivity index is 1.61. The van der Waals surface area contributed by atoms with Crippen LogP contribution in [0.1, 0.15) is 29.3 Å². The van der Waals surface area contributed by atoms with Crippen molar-refractivity contribution in [3.8, 4) is 0 Å². The minimum Gasteiger partial charge on any atom is -0.369 e. The van der Waals surface area contributed by atoms with Crippen LogP contribution in [0, 0.1) is 5.82 Å². The smallest absolute Gasteiger partial charge is 0.129 e. The van der Waals surface area contributed by atoms with Crippen molar-refractivity contribution in [3.63, 3.8) is 0 Å². The molecule has 3 aromatic carbocycles. The van der Waals surface area contributed by atoms with Gasteiger partial charge in [-0.15, -0.1) is 46.4 Å². The maximum Gasteiger partial charge on any atom is 0.129 e. The fourth-order valence-corrected chi connectivity index (χ4v) is 6.95. The fraction of sp³-hybridized carbons (Fsp3) is 0.438. The quantitative estimate of drug-likeness (QED) is 0.146. The van der Waals surface area contributed by atoms with E-state index in [-0.39, 0.29) is 12.0 Å². The molecule has 1 heterocycles. The van der Waals surface area contributed by atoms with Gasteiger partial charge in [0.25, 0.3) is 0 Å². The summed E-state index contributed by atoms with van der Waals surface area (Å²) in [5.74, 6) is 1.75. The van der Waals surface area contributed by atoms with Gasteiger partial charge >= 0.3 is 0 Å². The van der Waals surface area contributed by atoms with Crippen LogP contribution >= 0.6 is 69.6 Å². The first-order valence-corrected chi connectivity index (χ1v) is 17.3. The number of halogens is 7. The van der Waals surface area contributed by atoms with E-state index in [0.717, 1.165) is 42.0 Å². The van der Waals surface area contributed by atoms with Crippen molar-refractivity contribution in [1.29, 1.82) is 0 Å². The molecule has 1 fully saturated rings. The molecule has 0 atom stereocenters. The molecule has 0 amide bonds. The van der Waals surface area contributed by atoms with E-state index in [1.54, 1.807) is 6.07 Å². The third kappa shape index (κ3) is 9.20. The second-order valence-electron chi connectivity index (χ2n) is 10.5. The first kappa shape index (κ1) is 34.7. The molecule has 1 saturated heterocycles. The molecule has 0 spiro atoms. The van der Waals surface area contributed by atoms with Gasteiger partial charge in [0.1, 0.15) is 5.82 Å². The van der Waals surface area contributed by atoms with Crippen molar-refractivity contribution in [2.24, 2.45) is 0 Å². The van der Waals surface area contributed by atoms with Gasteiger partial charge < -0.3 is 9.80 Å². The van der Waals surface area contributed by atoms with Gasteiger partial charge in [0, 0.05) is 103 Å². The lowest BCUT2D eigenvalue weighted by Crippen LogP contribution is -2.47. The summed E-state index contributed by atoms with van der Waals surface area (Å²) in [6, 6.07) is 19.1. The Morgan fingerprint density at radius 2 is 1.09 bits per heavy atom. The molecular weight excluding hydrogens is 672 g/mol. The molecule has 0 N–H and O–H groups in total. The highest BCUT2D eigenvalue weighted by Gasteiger charge is 2.33. The average Bonchev–Trinajstić information content (AvgIpc) is 3.00. The predicted octanol–water partition coefficient (Wildman–Crippen LogP) is 9.11. The average molecular weight is 709 g/mol. The van der Waals surface area contributed by atoms with Crippen molar-refractivity contribution >= 4 is 81.0 Å². The largest absolute Gasteiger partial charge is 0.369 e. The second kappa shape index (κ2) is 17.5. The molecule has 11 heteroatoms. The Morgan fingerprint density at radius 3 is 1.49 bits per heavy atom. The molecule has 1 aliphatic heterocycles. The summed E-state index contributed by atoms with van der Waals surface area (Å²) in [6.45, 7) is 5.47. The molecule has 43 heavy (non-hydrogen) atoms. The lowest BCUT2D eigenvalue weighted by molar-refractivity contribution is -0.0111. The first-order valence-electron chi connectivity index (χ1n) is 14.4. The maximum absolute atomic E-state index is 15.4. The molecule has 0 bridgehead atoms. The van der Waals surface area contributed by atoms with Crippen molar-refractivity contribution in [2.45, 2.75) is 25.7 Å². The standard InChI is InChI=1S/C32H37Cl6FN4/c33-10-16-40(17-11-34)26-8-6-24(29(37)20-26)22-42-14-3-15-43(32(42)28-4-1-2-5-31(28)39)23-25-7-9-27(21-30(25)38)41(18-12-35)19-13-36/h1-2,4-9,20-21,32H,3,10-19,22-23H2. The third-order valence-electron chi connectivity index (χ3n) is 7.73. The molecule has 0 saturated carbocycles. The topological polar surface area (TPSA) is 13.0 Å². The molecular formula is C32H37Cl6FN4. The minimum absolute atomic E-state index is 0.233. The van der Waals surface area contributed by atoms with Crippen LogP contribution in [0.5, 0.6) is 0 Å². The van der Waals surface area contributed by atoms with Gasteiger partial charge in [-0.2, -0.15) is 0 Å². The number of anilines is 2. The summed E-state index contributed by atoms with van der Waals surface area (Å²) >= 11 is 37.8. The molecule has 1 aliphatic rings. The van der Waals surface area contributed by atoms with E-state index in [0.29, 0.717) is 78.4 Å². The van der Waals surface area contributed by atoms with Gasteiger partial charge in [0.05, 0.1) is 6.17 Å². The van der Waals surface area contributed by atoms with Crippen LogP contribution in [0.4, 0.5) is 15.8 Å². The van der Waals surface area contributed by atoms with E-state index in [1.807, 2.05) is 36.4 Å². The Hall–Kier alpha value is -1.15. The summed E-state index contributed by atoms with van der Waals surface area (Å²) in [4.78, 5) is 8.84. The highest BCUT2D eigenvalue weighted by Crippen LogP contribution is 2.36. The zero-order chi connectivity index (χ0) is 30.8. The van der Waals surface area contributed by atoms with Crippen LogP contribution in [0.25, 0.3) is 0 Å².